The standard InChI is InChI=1S/C14H25N3O2/c1-10-6-5-7-11(10)16-13(18)14(12(15)17-19)8-3-2-4-9-14/h10-11,19H,2-9H2,1H3,(H2,15,17)(H,16,18). The lowest BCUT2D eigenvalue weighted by molar-refractivity contribution is -0.130. The first kappa shape index (κ1) is 14.2. The van der Waals surface area contributed by atoms with E-state index >= 15 is 0 Å². The fourth-order valence-electron chi connectivity index (χ4n) is 3.52. The molecule has 19 heavy (non-hydrogen) atoms. The normalized spacial score (nSPS) is 31.1. The highest BCUT2D eigenvalue weighted by Gasteiger charge is 2.45. The summed E-state index contributed by atoms with van der Waals surface area (Å²) >= 11 is 0. The van der Waals surface area contributed by atoms with Crippen LogP contribution in [0.3, 0.4) is 0 Å². The van der Waals surface area contributed by atoms with Crippen molar-refractivity contribution in [2.75, 3.05) is 0 Å². The fraction of sp³-hybridized carbons (Fsp3) is 0.857. The zero-order valence-electron chi connectivity index (χ0n) is 11.7. The lowest BCUT2D eigenvalue weighted by Gasteiger charge is -2.35. The van der Waals surface area contributed by atoms with Gasteiger partial charge in [-0.05, 0) is 31.6 Å². The Kier molecular flexibility index (Phi) is 4.32. The molecule has 0 saturated heterocycles. The smallest absolute Gasteiger partial charge is 0.234 e. The summed E-state index contributed by atoms with van der Waals surface area (Å²) < 4.78 is 0. The van der Waals surface area contributed by atoms with Crippen LogP contribution >= 0.6 is 0 Å². The molecule has 5 heteroatoms. The minimum absolute atomic E-state index is 0.0405. The van der Waals surface area contributed by atoms with Crippen molar-refractivity contribution in [1.82, 2.24) is 5.32 Å². The third-order valence-corrected chi connectivity index (χ3v) is 4.92. The highest BCUT2D eigenvalue weighted by Crippen LogP contribution is 2.37. The highest BCUT2D eigenvalue weighted by molar-refractivity contribution is 6.06. The first-order chi connectivity index (χ1) is 9.10. The summed E-state index contributed by atoms with van der Waals surface area (Å²) in [4.78, 5) is 12.6. The molecule has 2 aliphatic carbocycles. The van der Waals surface area contributed by atoms with E-state index in [0.29, 0.717) is 18.8 Å². The molecule has 1 amide bonds. The van der Waals surface area contributed by atoms with Crippen LogP contribution in [-0.2, 0) is 4.79 Å². The zero-order chi connectivity index (χ0) is 13.9. The van der Waals surface area contributed by atoms with Gasteiger partial charge in [-0.1, -0.05) is 37.8 Å². The van der Waals surface area contributed by atoms with Gasteiger partial charge in [-0.2, -0.15) is 0 Å². The van der Waals surface area contributed by atoms with Crippen molar-refractivity contribution in [3.63, 3.8) is 0 Å². The number of carbonyl (C=O) groups is 1. The number of rotatable bonds is 3. The molecule has 0 aliphatic heterocycles. The molecule has 0 aromatic carbocycles. The number of nitrogens with zero attached hydrogens (tertiary/aromatic N) is 1. The summed E-state index contributed by atoms with van der Waals surface area (Å²) in [7, 11) is 0. The topological polar surface area (TPSA) is 87.7 Å². The van der Waals surface area contributed by atoms with Gasteiger partial charge in [-0.25, -0.2) is 0 Å². The summed E-state index contributed by atoms with van der Waals surface area (Å²) in [6.45, 7) is 2.18. The van der Waals surface area contributed by atoms with Crippen LogP contribution in [0.25, 0.3) is 0 Å². The van der Waals surface area contributed by atoms with Crippen molar-refractivity contribution in [2.45, 2.75) is 64.3 Å². The van der Waals surface area contributed by atoms with Crippen LogP contribution in [0.4, 0.5) is 0 Å². The monoisotopic (exact) mass is 267 g/mol. The molecule has 2 aliphatic rings. The van der Waals surface area contributed by atoms with Crippen LogP contribution < -0.4 is 11.1 Å². The molecule has 2 rings (SSSR count). The minimum atomic E-state index is -0.782. The van der Waals surface area contributed by atoms with Gasteiger partial charge in [-0.3, -0.25) is 4.79 Å². The minimum Gasteiger partial charge on any atom is -0.409 e. The Morgan fingerprint density at radius 3 is 2.47 bits per heavy atom. The van der Waals surface area contributed by atoms with Gasteiger partial charge in [-0.15, -0.1) is 0 Å². The van der Waals surface area contributed by atoms with E-state index in [0.717, 1.165) is 25.7 Å². The fourth-order valence-corrected chi connectivity index (χ4v) is 3.52. The number of amidine groups is 1. The Morgan fingerprint density at radius 2 is 1.95 bits per heavy atom. The van der Waals surface area contributed by atoms with Crippen molar-refractivity contribution in [1.29, 1.82) is 0 Å². The molecule has 2 fully saturated rings. The third kappa shape index (κ3) is 2.69. The quantitative estimate of drug-likeness (QED) is 0.316. The molecule has 0 aromatic rings. The van der Waals surface area contributed by atoms with Crippen molar-refractivity contribution in [3.05, 3.63) is 0 Å². The molecular weight excluding hydrogens is 242 g/mol. The first-order valence-electron chi connectivity index (χ1n) is 7.39. The molecule has 4 N–H and O–H groups in total. The van der Waals surface area contributed by atoms with Gasteiger partial charge in [0, 0.05) is 6.04 Å². The lowest BCUT2D eigenvalue weighted by Crippen LogP contribution is -2.53. The molecule has 0 heterocycles. The third-order valence-electron chi connectivity index (χ3n) is 4.92. The summed E-state index contributed by atoms with van der Waals surface area (Å²) in [6.07, 6.45) is 7.80. The van der Waals surface area contributed by atoms with Crippen LogP contribution in [0.2, 0.25) is 0 Å². The maximum atomic E-state index is 12.6. The van der Waals surface area contributed by atoms with Gasteiger partial charge < -0.3 is 16.3 Å². The van der Waals surface area contributed by atoms with Gasteiger partial charge in [0.25, 0.3) is 0 Å². The predicted molar refractivity (Wildman–Crippen MR) is 73.9 cm³/mol. The molecule has 2 atom stereocenters. The second-order valence-electron chi connectivity index (χ2n) is 6.12. The van der Waals surface area contributed by atoms with Crippen molar-refractivity contribution in [2.24, 2.45) is 22.2 Å². The molecule has 2 saturated carbocycles. The van der Waals surface area contributed by atoms with Gasteiger partial charge in [0.15, 0.2) is 5.84 Å². The second-order valence-corrected chi connectivity index (χ2v) is 6.12. The Morgan fingerprint density at radius 1 is 1.26 bits per heavy atom. The summed E-state index contributed by atoms with van der Waals surface area (Å²) in [6, 6.07) is 0.248. The first-order valence-corrected chi connectivity index (χ1v) is 7.39. The van der Waals surface area contributed by atoms with Crippen LogP contribution in [0, 0.1) is 11.3 Å². The number of oxime groups is 1. The molecule has 0 radical (unpaired) electrons. The second kappa shape index (κ2) is 5.80. The van der Waals surface area contributed by atoms with Crippen molar-refractivity contribution < 1.29 is 10.0 Å². The van der Waals surface area contributed by atoms with E-state index in [2.05, 4.69) is 17.4 Å². The SMILES string of the molecule is CC1CCCC1NC(=O)C1(C(N)=NO)CCCCC1. The Balaban J connectivity index is 2.11. The van der Waals surface area contributed by atoms with E-state index in [9.17, 15) is 4.79 Å². The van der Waals surface area contributed by atoms with E-state index in [1.165, 1.54) is 12.8 Å². The van der Waals surface area contributed by atoms with Crippen LogP contribution in [0.1, 0.15) is 58.3 Å². The van der Waals surface area contributed by atoms with Gasteiger partial charge in [0.2, 0.25) is 5.91 Å². The van der Waals surface area contributed by atoms with Crippen LogP contribution in [0.5, 0.6) is 0 Å². The maximum Gasteiger partial charge on any atom is 0.234 e. The number of hydrogen-bond donors (Lipinski definition) is 3. The molecule has 5 nitrogen and oxygen atoms in total. The molecule has 0 aromatic heterocycles. The summed E-state index contributed by atoms with van der Waals surface area (Å²) in [5.41, 5.74) is 5.05. The number of hydrogen-bond acceptors (Lipinski definition) is 3. The van der Waals surface area contributed by atoms with E-state index in [4.69, 9.17) is 10.9 Å². The van der Waals surface area contributed by atoms with E-state index < -0.39 is 5.41 Å². The molecule has 0 spiro atoms. The number of nitrogens with two attached hydrogens (primary N) is 1. The Bertz CT molecular complexity index is 362. The van der Waals surface area contributed by atoms with Crippen molar-refractivity contribution in [3.8, 4) is 0 Å². The molecule has 108 valence electrons. The van der Waals surface area contributed by atoms with E-state index in [-0.39, 0.29) is 17.8 Å². The summed E-state index contributed by atoms with van der Waals surface area (Å²) in [5, 5.41) is 15.3. The van der Waals surface area contributed by atoms with Gasteiger partial charge >= 0.3 is 0 Å². The summed E-state index contributed by atoms with van der Waals surface area (Å²) in [5.74, 6) is 0.563. The number of nitrogens with one attached hydrogen (secondary N) is 1. The molecule has 0 bridgehead atoms. The van der Waals surface area contributed by atoms with Gasteiger partial charge in [0.1, 0.15) is 5.41 Å². The van der Waals surface area contributed by atoms with E-state index in [1.54, 1.807) is 0 Å². The lowest BCUT2D eigenvalue weighted by atomic mass is 9.72. The van der Waals surface area contributed by atoms with Crippen LogP contribution in [-0.4, -0.2) is 23.0 Å². The Hall–Kier alpha value is -1.26. The largest absolute Gasteiger partial charge is 0.409 e. The van der Waals surface area contributed by atoms with Crippen LogP contribution in [0.15, 0.2) is 5.16 Å². The molecular formula is C14H25N3O2. The average Bonchev–Trinajstić information content (AvgIpc) is 2.84. The van der Waals surface area contributed by atoms with E-state index in [1.807, 2.05) is 0 Å². The number of amides is 1. The zero-order valence-corrected chi connectivity index (χ0v) is 11.7. The predicted octanol–water partition coefficient (Wildman–Crippen LogP) is 1.99. The average molecular weight is 267 g/mol. The number of carbonyl (C=O) groups excluding carboxylic acids is 1. The highest BCUT2D eigenvalue weighted by atomic mass is 16.4. The van der Waals surface area contributed by atoms with Gasteiger partial charge in [0.05, 0.1) is 0 Å². The Labute approximate surface area is 114 Å². The van der Waals surface area contributed by atoms with Crippen molar-refractivity contribution >= 4 is 11.7 Å². The maximum absolute atomic E-state index is 12.6. The molecule has 2 unspecified atom stereocenters.